The summed E-state index contributed by atoms with van der Waals surface area (Å²) < 4.78 is 0.836. The standard InChI is InChI=1S/C13H13ClN2O3/c1-8-6-10(15-18)12(7-9(8)14)16(19)11-4-2-3-5-13(11)17/h2-3,5-7,15,18H,4H2,1H3,(H-,17,19)/p+2/b16-11-. The number of hydrogen-bond donors (Lipinski definition) is 4. The van der Waals surface area contributed by atoms with Gasteiger partial charge < -0.3 is 5.11 Å². The van der Waals surface area contributed by atoms with Crippen molar-refractivity contribution in [2.24, 2.45) is 0 Å². The van der Waals surface area contributed by atoms with Crippen LogP contribution in [0.4, 0.5) is 11.4 Å². The minimum absolute atomic E-state index is 0.0226. The van der Waals surface area contributed by atoms with Crippen molar-refractivity contribution in [1.82, 2.24) is 0 Å². The lowest BCUT2D eigenvalue weighted by Gasteiger charge is -2.06. The largest absolute Gasteiger partial charge is 0.502 e. The second-order valence-corrected chi connectivity index (χ2v) is 4.64. The molecule has 0 radical (unpaired) electrons. The highest BCUT2D eigenvalue weighted by atomic mass is 35.5. The van der Waals surface area contributed by atoms with Crippen molar-refractivity contribution < 1.29 is 25.7 Å². The van der Waals surface area contributed by atoms with Crippen molar-refractivity contribution in [3.8, 4) is 0 Å². The highest BCUT2D eigenvalue weighted by Crippen LogP contribution is 2.28. The van der Waals surface area contributed by atoms with Gasteiger partial charge in [-0.05, 0) is 18.6 Å². The molecule has 5 nitrogen and oxygen atoms in total. The van der Waals surface area contributed by atoms with E-state index in [1.165, 1.54) is 12.1 Å². The quantitative estimate of drug-likeness (QED) is 0.290. The number of rotatable bonds is 2. The molecule has 0 fully saturated rings. The molecule has 1 aliphatic carbocycles. The van der Waals surface area contributed by atoms with Gasteiger partial charge in [0.2, 0.25) is 5.69 Å². The van der Waals surface area contributed by atoms with E-state index in [0.717, 1.165) is 15.8 Å². The van der Waals surface area contributed by atoms with E-state index in [1.807, 2.05) is 0 Å². The molecule has 0 aliphatic heterocycles. The summed E-state index contributed by atoms with van der Waals surface area (Å²) in [5.74, 6) is -0.0226. The first kappa shape index (κ1) is 13.6. The Morgan fingerprint density at radius 3 is 2.74 bits per heavy atom. The fourth-order valence-corrected chi connectivity index (χ4v) is 2.02. The van der Waals surface area contributed by atoms with Gasteiger partial charge in [0.25, 0.3) is 5.71 Å². The molecule has 0 heterocycles. The van der Waals surface area contributed by atoms with Gasteiger partial charge >= 0.3 is 5.69 Å². The molecule has 1 aliphatic rings. The predicted octanol–water partition coefficient (Wildman–Crippen LogP) is 2.11. The first-order chi connectivity index (χ1) is 9.04. The average Bonchev–Trinajstić information content (AvgIpc) is 2.41. The van der Waals surface area contributed by atoms with Crippen molar-refractivity contribution in [3.63, 3.8) is 0 Å². The average molecular weight is 283 g/mol. The molecule has 6 heteroatoms. The fraction of sp³-hybridized carbons (Fsp3) is 0.154. The van der Waals surface area contributed by atoms with Gasteiger partial charge in [0, 0.05) is 16.9 Å². The molecule has 0 bridgehead atoms. The van der Waals surface area contributed by atoms with Crippen LogP contribution in [0.3, 0.4) is 0 Å². The molecule has 0 saturated carbocycles. The zero-order valence-electron chi connectivity index (χ0n) is 10.3. The highest BCUT2D eigenvalue weighted by Gasteiger charge is 2.27. The Morgan fingerprint density at radius 2 is 2.11 bits per heavy atom. The molecule has 0 aromatic heterocycles. The van der Waals surface area contributed by atoms with Crippen LogP contribution in [0.15, 0.2) is 36.1 Å². The third-order valence-corrected chi connectivity index (χ3v) is 3.34. The third-order valence-electron chi connectivity index (χ3n) is 2.93. The molecule has 0 atom stereocenters. The number of benzene rings is 1. The van der Waals surface area contributed by atoms with Crippen molar-refractivity contribution in [2.75, 3.05) is 0 Å². The summed E-state index contributed by atoms with van der Waals surface area (Å²) in [4.78, 5) is 0. The van der Waals surface area contributed by atoms with E-state index in [9.17, 15) is 15.5 Å². The lowest BCUT2D eigenvalue weighted by Crippen LogP contribution is -2.74. The summed E-state index contributed by atoms with van der Waals surface area (Å²) in [5.41, 5.74) is 2.72. The van der Waals surface area contributed by atoms with Gasteiger partial charge in [-0.15, -0.1) is 0 Å². The molecule has 2 rings (SSSR count). The minimum Gasteiger partial charge on any atom is -0.502 e. The smallest absolute Gasteiger partial charge is 0.322 e. The van der Waals surface area contributed by atoms with Crippen molar-refractivity contribution >= 4 is 28.7 Å². The first-order valence-corrected chi connectivity index (χ1v) is 6.11. The summed E-state index contributed by atoms with van der Waals surface area (Å²) in [5, 5.41) is 29.7. The minimum atomic E-state index is -0.0226. The maximum Gasteiger partial charge on any atom is 0.322 e. The zero-order valence-corrected chi connectivity index (χ0v) is 11.1. The van der Waals surface area contributed by atoms with Gasteiger partial charge in [0.15, 0.2) is 5.76 Å². The first-order valence-electron chi connectivity index (χ1n) is 5.73. The van der Waals surface area contributed by atoms with E-state index >= 15 is 0 Å². The van der Waals surface area contributed by atoms with Crippen LogP contribution < -0.4 is 5.48 Å². The summed E-state index contributed by atoms with van der Waals surface area (Å²) in [6.07, 6.45) is 5.37. The van der Waals surface area contributed by atoms with Crippen molar-refractivity contribution in [3.05, 3.63) is 46.7 Å². The van der Waals surface area contributed by atoms with E-state index in [0.29, 0.717) is 28.5 Å². The number of aliphatic hydroxyl groups excluding tert-OH is 1. The normalized spacial score (nSPS) is 17.3. The molecule has 0 saturated heterocycles. The van der Waals surface area contributed by atoms with Gasteiger partial charge in [-0.1, -0.05) is 23.8 Å². The predicted molar refractivity (Wildman–Crippen MR) is 70.7 cm³/mol. The van der Waals surface area contributed by atoms with Crippen LogP contribution in [-0.2, 0) is 0 Å². The Morgan fingerprint density at radius 1 is 1.37 bits per heavy atom. The van der Waals surface area contributed by atoms with Crippen LogP contribution >= 0.6 is 11.6 Å². The van der Waals surface area contributed by atoms with Crippen LogP contribution in [0, 0.1) is 6.92 Å². The van der Waals surface area contributed by atoms with E-state index in [2.05, 4.69) is 0 Å². The van der Waals surface area contributed by atoms with Crippen LogP contribution in [0.1, 0.15) is 12.0 Å². The summed E-state index contributed by atoms with van der Waals surface area (Å²) in [6, 6.07) is 3.19. The number of nitrogens with two attached hydrogens (primary N) is 1. The number of quaternary nitrogens is 1. The molecule has 1 aromatic rings. The molecule has 0 unspecified atom stereocenters. The highest BCUT2D eigenvalue weighted by molar-refractivity contribution is 6.31. The molecular weight excluding hydrogens is 268 g/mol. The maximum atomic E-state index is 10.2. The van der Waals surface area contributed by atoms with Crippen molar-refractivity contribution in [1.29, 1.82) is 0 Å². The van der Waals surface area contributed by atoms with Crippen LogP contribution in [0.25, 0.3) is 0 Å². The number of hydrogen-bond acceptors (Lipinski definition) is 3. The lowest BCUT2D eigenvalue weighted by molar-refractivity contribution is -0.830. The van der Waals surface area contributed by atoms with E-state index in [4.69, 9.17) is 11.6 Å². The maximum absolute atomic E-state index is 10.2. The van der Waals surface area contributed by atoms with Gasteiger partial charge in [-0.3, -0.25) is 5.21 Å². The van der Waals surface area contributed by atoms with Crippen LogP contribution in [0.5, 0.6) is 0 Å². The van der Waals surface area contributed by atoms with Gasteiger partial charge in [-0.25, -0.2) is 5.21 Å². The Kier molecular flexibility index (Phi) is 3.90. The lowest BCUT2D eigenvalue weighted by atomic mass is 10.1. The molecular formula is C13H15ClN2O3+2. The number of aryl methyl sites for hydroxylation is 1. The van der Waals surface area contributed by atoms with Crippen molar-refractivity contribution in [2.45, 2.75) is 13.3 Å². The number of halogens is 1. The van der Waals surface area contributed by atoms with Crippen LogP contribution in [0.2, 0.25) is 5.02 Å². The molecule has 100 valence electrons. The van der Waals surface area contributed by atoms with E-state index < -0.39 is 0 Å². The summed E-state index contributed by atoms with van der Waals surface area (Å²) in [7, 11) is 0. The molecule has 5 N–H and O–H groups in total. The fourth-order valence-electron chi connectivity index (χ4n) is 1.86. The third kappa shape index (κ3) is 2.63. The second kappa shape index (κ2) is 5.44. The number of nitrogens with zero attached hydrogens (tertiary/aromatic N) is 1. The zero-order chi connectivity index (χ0) is 14.0. The number of aliphatic hydroxyl groups is 1. The number of allylic oxidation sites excluding steroid dienone is 4. The Balaban J connectivity index is 2.58. The van der Waals surface area contributed by atoms with Gasteiger partial charge in [-0.2, -0.15) is 5.48 Å². The molecule has 1 aromatic carbocycles. The monoisotopic (exact) mass is 282 g/mol. The Labute approximate surface area is 115 Å². The van der Waals surface area contributed by atoms with Gasteiger partial charge in [0.05, 0.1) is 11.4 Å². The molecule has 19 heavy (non-hydrogen) atoms. The van der Waals surface area contributed by atoms with Gasteiger partial charge in [0.1, 0.15) is 0 Å². The SMILES string of the molecule is Cc1cc([NH2+]O)c(/[N+](O)=C2\CC=CC=C2O)cc1Cl. The Hall–Kier alpha value is -1.82. The summed E-state index contributed by atoms with van der Waals surface area (Å²) in [6.45, 7) is 1.80. The molecule has 0 spiro atoms. The topological polar surface area (TPSA) is 80.3 Å². The van der Waals surface area contributed by atoms with E-state index in [1.54, 1.807) is 25.1 Å². The van der Waals surface area contributed by atoms with Crippen LogP contribution in [-0.4, -0.2) is 26.0 Å². The summed E-state index contributed by atoms with van der Waals surface area (Å²) >= 11 is 6.03. The van der Waals surface area contributed by atoms with E-state index in [-0.39, 0.29) is 5.76 Å². The second-order valence-electron chi connectivity index (χ2n) is 4.23. The molecule has 0 amide bonds. The Bertz CT molecular complexity index is 606.